The van der Waals surface area contributed by atoms with Gasteiger partial charge < -0.3 is 4.74 Å². The molecule has 1 aliphatic carbocycles. The lowest BCUT2D eigenvalue weighted by Gasteiger charge is -2.07. The number of rotatable bonds is 5. The lowest BCUT2D eigenvalue weighted by molar-refractivity contribution is 0.382. The predicted molar refractivity (Wildman–Crippen MR) is 121 cm³/mol. The van der Waals surface area contributed by atoms with Crippen LogP contribution in [0.5, 0.6) is 11.5 Å². The summed E-state index contributed by atoms with van der Waals surface area (Å²) in [6.07, 6.45) is 2.69. The van der Waals surface area contributed by atoms with Crippen LogP contribution in [0.15, 0.2) is 93.8 Å². The van der Waals surface area contributed by atoms with E-state index < -0.39 is 5.76 Å². The number of benzene rings is 3. The van der Waals surface area contributed by atoms with Crippen LogP contribution in [0, 0.1) is 0 Å². The Morgan fingerprint density at radius 2 is 1.58 bits per heavy atom. The van der Waals surface area contributed by atoms with E-state index >= 15 is 0 Å². The van der Waals surface area contributed by atoms with Crippen molar-refractivity contribution in [2.75, 3.05) is 0 Å². The molecule has 5 heteroatoms. The summed E-state index contributed by atoms with van der Waals surface area (Å²) in [4.78, 5) is 14.0. The van der Waals surface area contributed by atoms with E-state index in [1.807, 2.05) is 66.7 Å². The van der Waals surface area contributed by atoms with Crippen molar-refractivity contribution in [3.8, 4) is 11.5 Å². The van der Waals surface area contributed by atoms with Crippen molar-refractivity contribution in [2.24, 2.45) is 0 Å². The van der Waals surface area contributed by atoms with Crippen LogP contribution in [0.25, 0.3) is 17.2 Å². The summed E-state index contributed by atoms with van der Waals surface area (Å²) >= 11 is 0. The molecule has 3 aromatic carbocycles. The highest BCUT2D eigenvalue weighted by Crippen LogP contribution is 2.43. The van der Waals surface area contributed by atoms with Crippen LogP contribution in [0.3, 0.4) is 0 Å². The van der Waals surface area contributed by atoms with Gasteiger partial charge in [0.15, 0.2) is 5.82 Å². The Labute approximate surface area is 179 Å². The molecule has 0 amide bonds. The number of hydrogen-bond donors (Lipinski definition) is 1. The molecule has 1 heterocycles. The predicted octanol–water partition coefficient (Wildman–Crippen LogP) is 5.73. The molecule has 1 N–H and O–H groups in total. The number of H-pyrrole nitrogens is 1. The Hall–Kier alpha value is -4.12. The van der Waals surface area contributed by atoms with Crippen LogP contribution in [-0.4, -0.2) is 10.1 Å². The molecule has 0 radical (unpaired) electrons. The summed E-state index contributed by atoms with van der Waals surface area (Å²) in [5, 5.41) is 3.83. The SMILES string of the molecule is CC1=C(Cc2noc(=O)[nH]2)c2ccccc2C1=Cc1ccc(Oc2ccccc2)cc1. The van der Waals surface area contributed by atoms with Gasteiger partial charge in [0.2, 0.25) is 0 Å². The minimum atomic E-state index is -0.534. The van der Waals surface area contributed by atoms with Gasteiger partial charge in [-0.25, -0.2) is 4.79 Å². The fourth-order valence-corrected chi connectivity index (χ4v) is 3.89. The third-order valence-electron chi connectivity index (χ3n) is 5.40. The normalized spacial score (nSPS) is 14.2. The van der Waals surface area contributed by atoms with Crippen molar-refractivity contribution in [1.29, 1.82) is 0 Å². The molecule has 0 spiro atoms. The lowest BCUT2D eigenvalue weighted by atomic mass is 10.0. The van der Waals surface area contributed by atoms with Crippen LogP contribution in [0.2, 0.25) is 0 Å². The quantitative estimate of drug-likeness (QED) is 0.458. The first-order valence-corrected chi connectivity index (χ1v) is 10.1. The Kier molecular flexibility index (Phi) is 4.84. The zero-order chi connectivity index (χ0) is 21.2. The van der Waals surface area contributed by atoms with Crippen molar-refractivity contribution in [3.05, 3.63) is 118 Å². The molecule has 1 aliphatic rings. The molecular weight excluding hydrogens is 388 g/mol. The standard InChI is InChI=1S/C26H20N2O3/c1-17-23(15-18-11-13-20(14-12-18)30-19-7-3-2-4-8-19)21-9-5-6-10-22(21)24(17)16-25-27-26(29)31-28-25/h2-15H,16H2,1H3,(H,27,28,29). The highest BCUT2D eigenvalue weighted by atomic mass is 16.5. The van der Waals surface area contributed by atoms with E-state index in [2.05, 4.69) is 39.8 Å². The number of para-hydroxylation sites is 1. The van der Waals surface area contributed by atoms with Crippen molar-refractivity contribution in [1.82, 2.24) is 10.1 Å². The molecule has 4 aromatic rings. The highest BCUT2D eigenvalue weighted by Gasteiger charge is 2.24. The molecule has 5 nitrogen and oxygen atoms in total. The summed E-state index contributed by atoms with van der Waals surface area (Å²) in [7, 11) is 0. The van der Waals surface area contributed by atoms with Crippen LogP contribution < -0.4 is 10.5 Å². The summed E-state index contributed by atoms with van der Waals surface area (Å²) in [6, 6.07) is 26.1. The van der Waals surface area contributed by atoms with Crippen molar-refractivity contribution >= 4 is 17.2 Å². The second-order valence-corrected chi connectivity index (χ2v) is 7.41. The number of nitrogens with one attached hydrogen (secondary N) is 1. The molecule has 1 aromatic heterocycles. The molecular formula is C26H20N2O3. The first kappa shape index (κ1) is 18.9. The zero-order valence-corrected chi connectivity index (χ0v) is 17.0. The number of allylic oxidation sites excluding steroid dienone is 3. The van der Waals surface area contributed by atoms with E-state index in [-0.39, 0.29) is 0 Å². The van der Waals surface area contributed by atoms with Crippen molar-refractivity contribution in [3.63, 3.8) is 0 Å². The molecule has 31 heavy (non-hydrogen) atoms. The number of ether oxygens (including phenoxy) is 1. The van der Waals surface area contributed by atoms with Crippen molar-refractivity contribution in [2.45, 2.75) is 13.3 Å². The molecule has 0 atom stereocenters. The van der Waals surface area contributed by atoms with Gasteiger partial charge in [-0.15, -0.1) is 0 Å². The smallest absolute Gasteiger partial charge is 0.438 e. The number of nitrogens with zero attached hydrogens (tertiary/aromatic N) is 1. The largest absolute Gasteiger partial charge is 0.457 e. The molecule has 152 valence electrons. The van der Waals surface area contributed by atoms with Crippen LogP contribution >= 0.6 is 0 Å². The lowest BCUT2D eigenvalue weighted by Crippen LogP contribution is -1.98. The Morgan fingerprint density at radius 1 is 0.903 bits per heavy atom. The molecule has 0 aliphatic heterocycles. The Morgan fingerprint density at radius 3 is 2.29 bits per heavy atom. The van der Waals surface area contributed by atoms with E-state index in [0.29, 0.717) is 12.2 Å². The van der Waals surface area contributed by atoms with Gasteiger partial charge in [0, 0.05) is 6.42 Å². The maximum atomic E-state index is 11.3. The van der Waals surface area contributed by atoms with E-state index in [1.54, 1.807) is 0 Å². The number of aromatic nitrogens is 2. The average molecular weight is 408 g/mol. The molecule has 5 rings (SSSR count). The molecule has 0 bridgehead atoms. The maximum Gasteiger partial charge on any atom is 0.438 e. The second-order valence-electron chi connectivity index (χ2n) is 7.41. The first-order chi connectivity index (χ1) is 15.2. The summed E-state index contributed by atoms with van der Waals surface area (Å²) in [5.74, 6) is 1.60. The Balaban J connectivity index is 1.46. The van der Waals surface area contributed by atoms with Gasteiger partial charge in [0.25, 0.3) is 0 Å². The van der Waals surface area contributed by atoms with E-state index in [9.17, 15) is 4.79 Å². The topological polar surface area (TPSA) is 68.1 Å². The second kappa shape index (κ2) is 7.95. The van der Waals surface area contributed by atoms with Gasteiger partial charge >= 0.3 is 5.76 Å². The van der Waals surface area contributed by atoms with Gasteiger partial charge in [0.05, 0.1) is 0 Å². The van der Waals surface area contributed by atoms with Gasteiger partial charge in [0.1, 0.15) is 11.5 Å². The number of aromatic amines is 1. The Bertz CT molecular complexity index is 1340. The number of hydrogen-bond acceptors (Lipinski definition) is 4. The average Bonchev–Trinajstić information content (AvgIpc) is 3.32. The summed E-state index contributed by atoms with van der Waals surface area (Å²) in [6.45, 7) is 2.10. The molecule has 0 saturated carbocycles. The molecule has 0 unspecified atom stereocenters. The first-order valence-electron chi connectivity index (χ1n) is 10.1. The minimum absolute atomic E-state index is 0.510. The van der Waals surface area contributed by atoms with Crippen LogP contribution in [0.1, 0.15) is 29.4 Å². The van der Waals surface area contributed by atoms with Gasteiger partial charge in [-0.1, -0.05) is 59.8 Å². The summed E-state index contributed by atoms with van der Waals surface area (Å²) in [5.41, 5.74) is 6.86. The van der Waals surface area contributed by atoms with E-state index in [4.69, 9.17) is 4.74 Å². The summed E-state index contributed by atoms with van der Waals surface area (Å²) < 4.78 is 10.6. The van der Waals surface area contributed by atoms with Gasteiger partial charge in [-0.2, -0.15) is 0 Å². The highest BCUT2D eigenvalue weighted by molar-refractivity contribution is 6.05. The zero-order valence-electron chi connectivity index (χ0n) is 17.0. The van der Waals surface area contributed by atoms with Gasteiger partial charge in [-0.3, -0.25) is 9.51 Å². The fourth-order valence-electron chi connectivity index (χ4n) is 3.89. The van der Waals surface area contributed by atoms with Gasteiger partial charge in [-0.05, 0) is 70.7 Å². The maximum absolute atomic E-state index is 11.3. The van der Waals surface area contributed by atoms with Crippen LogP contribution in [0.4, 0.5) is 0 Å². The minimum Gasteiger partial charge on any atom is -0.457 e. The number of fused-ring (bicyclic) bond motifs is 1. The third-order valence-corrected chi connectivity index (χ3v) is 5.40. The van der Waals surface area contributed by atoms with Crippen LogP contribution in [-0.2, 0) is 6.42 Å². The fraction of sp³-hybridized carbons (Fsp3) is 0.0769. The third kappa shape index (κ3) is 3.85. The van der Waals surface area contributed by atoms with E-state index in [1.165, 1.54) is 5.56 Å². The van der Waals surface area contributed by atoms with Crippen molar-refractivity contribution < 1.29 is 9.26 Å². The van der Waals surface area contributed by atoms with E-state index in [0.717, 1.165) is 39.3 Å². The molecule has 0 saturated heterocycles. The molecule has 0 fully saturated rings. The monoisotopic (exact) mass is 408 g/mol.